The van der Waals surface area contributed by atoms with Crippen molar-refractivity contribution in [2.45, 2.75) is 104 Å². The first-order valence-electron chi connectivity index (χ1n) is 19.2. The van der Waals surface area contributed by atoms with Crippen molar-refractivity contribution in [1.82, 2.24) is 0 Å². The third kappa shape index (κ3) is 33.1. The predicted octanol–water partition coefficient (Wildman–Crippen LogP) is 7.38. The zero-order valence-corrected chi connectivity index (χ0v) is 31.1. The number of carbonyl (C=O) groups excluding carboxylic acids is 1. The van der Waals surface area contributed by atoms with Gasteiger partial charge >= 0.3 is 5.97 Å². The van der Waals surface area contributed by atoms with Crippen molar-refractivity contribution in [3.05, 3.63) is 29.8 Å². The van der Waals surface area contributed by atoms with E-state index in [1.54, 1.807) is 0 Å². The molecule has 0 aliphatic carbocycles. The number of aryl methyl sites for hydroxylation is 1. The first-order chi connectivity index (χ1) is 24.3. The van der Waals surface area contributed by atoms with Gasteiger partial charge in [0.1, 0.15) is 19.0 Å². The molecule has 0 amide bonds. The van der Waals surface area contributed by atoms with Crippen LogP contribution in [0.2, 0.25) is 0 Å². The molecule has 0 N–H and O–H groups in total. The van der Waals surface area contributed by atoms with E-state index in [-0.39, 0.29) is 12.6 Å². The lowest BCUT2D eigenvalue weighted by Gasteiger charge is -2.09. The number of hydrogen-bond acceptors (Lipinski definition) is 10. The van der Waals surface area contributed by atoms with Gasteiger partial charge in [-0.3, -0.25) is 4.79 Å². The summed E-state index contributed by atoms with van der Waals surface area (Å²) in [7, 11) is 0. The number of benzene rings is 1. The number of hydrogen-bond donors (Lipinski definition) is 0. The van der Waals surface area contributed by atoms with Crippen LogP contribution in [0.3, 0.4) is 0 Å². The van der Waals surface area contributed by atoms with Crippen molar-refractivity contribution < 1.29 is 47.4 Å². The molecule has 49 heavy (non-hydrogen) atoms. The van der Waals surface area contributed by atoms with Crippen LogP contribution in [0.1, 0.15) is 103 Å². The Morgan fingerprint density at radius 3 is 1.24 bits per heavy atom. The second-order valence-corrected chi connectivity index (χ2v) is 12.0. The van der Waals surface area contributed by atoms with Crippen LogP contribution in [0, 0.1) is 0 Å². The van der Waals surface area contributed by atoms with Crippen LogP contribution in [0.15, 0.2) is 24.3 Å². The molecule has 1 aromatic carbocycles. The lowest BCUT2D eigenvalue weighted by atomic mass is 10.0. The fourth-order valence-electron chi connectivity index (χ4n) is 4.84. The molecule has 0 aliphatic rings. The number of unbranched alkanes of at least 4 members (excludes halogenated alkanes) is 10. The fraction of sp³-hybridized carbons (Fsp3) is 0.821. The third-order valence-electron chi connectivity index (χ3n) is 7.70. The van der Waals surface area contributed by atoms with Gasteiger partial charge in [-0.1, -0.05) is 90.2 Å². The standard InChI is InChI=1S/C39H70O10/c1-3-5-7-9-10-12-13-15-37-17-19-38(20-18-37)48-35-33-46-31-29-44-27-25-42-23-21-41-22-24-43-26-28-45-30-32-47-34-36-49-39(40)16-14-11-8-6-4-2/h17-20H,3-16,21-36H2,1-2H3. The molecule has 0 unspecified atom stereocenters. The van der Waals surface area contributed by atoms with Crippen molar-refractivity contribution in [3.63, 3.8) is 0 Å². The zero-order valence-electron chi connectivity index (χ0n) is 31.1. The first-order valence-corrected chi connectivity index (χ1v) is 19.2. The Balaban J connectivity index is 1.72. The van der Waals surface area contributed by atoms with E-state index < -0.39 is 0 Å². The molecule has 0 aliphatic heterocycles. The topological polar surface area (TPSA) is 100 Å². The zero-order chi connectivity index (χ0) is 35.1. The van der Waals surface area contributed by atoms with Crippen LogP contribution in [-0.4, -0.2) is 112 Å². The molecular formula is C39H70O10. The highest BCUT2D eigenvalue weighted by atomic mass is 16.6. The van der Waals surface area contributed by atoms with Gasteiger partial charge < -0.3 is 42.6 Å². The van der Waals surface area contributed by atoms with E-state index in [0.29, 0.717) is 106 Å². The maximum atomic E-state index is 11.6. The Morgan fingerprint density at radius 1 is 0.429 bits per heavy atom. The molecule has 0 aromatic heterocycles. The van der Waals surface area contributed by atoms with Gasteiger partial charge in [0.05, 0.1) is 92.5 Å². The van der Waals surface area contributed by atoms with E-state index in [2.05, 4.69) is 38.1 Å². The minimum absolute atomic E-state index is 0.143. The molecule has 0 bridgehead atoms. The summed E-state index contributed by atoms with van der Waals surface area (Å²) < 4.78 is 49.5. The maximum Gasteiger partial charge on any atom is 0.305 e. The minimum atomic E-state index is -0.143. The lowest BCUT2D eigenvalue weighted by molar-refractivity contribution is -0.145. The first kappa shape index (κ1) is 45.2. The number of ether oxygens (including phenoxy) is 9. The number of carbonyl (C=O) groups is 1. The number of rotatable bonds is 39. The van der Waals surface area contributed by atoms with E-state index >= 15 is 0 Å². The quantitative estimate of drug-likeness (QED) is 0.0512. The molecule has 0 spiro atoms. The summed E-state index contributed by atoms with van der Waals surface area (Å²) in [6.07, 6.45) is 16.6. The third-order valence-corrected chi connectivity index (χ3v) is 7.70. The Kier molecular flexibility index (Phi) is 34.6. The average Bonchev–Trinajstić information content (AvgIpc) is 3.11. The summed E-state index contributed by atoms with van der Waals surface area (Å²) in [6.45, 7) is 12.2. The molecule has 0 saturated heterocycles. The molecule has 1 aromatic rings. The Hall–Kier alpha value is -1.79. The molecule has 0 radical (unpaired) electrons. The molecule has 0 atom stereocenters. The van der Waals surface area contributed by atoms with Crippen LogP contribution in [0.25, 0.3) is 0 Å². The van der Waals surface area contributed by atoms with Crippen molar-refractivity contribution in [1.29, 1.82) is 0 Å². The second-order valence-electron chi connectivity index (χ2n) is 12.0. The van der Waals surface area contributed by atoms with Gasteiger partial charge in [0.25, 0.3) is 0 Å². The van der Waals surface area contributed by atoms with Gasteiger partial charge in [-0.15, -0.1) is 0 Å². The summed E-state index contributed by atoms with van der Waals surface area (Å²) in [6, 6.07) is 8.45. The van der Waals surface area contributed by atoms with Crippen LogP contribution < -0.4 is 4.74 Å². The Labute approximate surface area is 298 Å². The van der Waals surface area contributed by atoms with E-state index in [9.17, 15) is 4.79 Å². The van der Waals surface area contributed by atoms with Crippen molar-refractivity contribution in [2.24, 2.45) is 0 Å². The van der Waals surface area contributed by atoms with Crippen molar-refractivity contribution in [3.8, 4) is 5.75 Å². The lowest BCUT2D eigenvalue weighted by Crippen LogP contribution is -2.15. The molecule has 0 saturated carbocycles. The fourth-order valence-corrected chi connectivity index (χ4v) is 4.84. The molecule has 10 heteroatoms. The van der Waals surface area contributed by atoms with Crippen LogP contribution >= 0.6 is 0 Å². The summed E-state index contributed by atoms with van der Waals surface area (Å²) in [4.78, 5) is 11.6. The van der Waals surface area contributed by atoms with Crippen LogP contribution in [0.5, 0.6) is 5.75 Å². The van der Waals surface area contributed by atoms with Gasteiger partial charge in [-0.25, -0.2) is 0 Å². The monoisotopic (exact) mass is 698 g/mol. The molecular weight excluding hydrogens is 628 g/mol. The van der Waals surface area contributed by atoms with E-state index in [4.69, 9.17) is 42.6 Å². The van der Waals surface area contributed by atoms with Gasteiger partial charge in [-0.2, -0.15) is 0 Å². The molecule has 286 valence electrons. The predicted molar refractivity (Wildman–Crippen MR) is 194 cm³/mol. The Bertz CT molecular complexity index is 808. The van der Waals surface area contributed by atoms with Gasteiger partial charge in [-0.05, 0) is 37.0 Å². The highest BCUT2D eigenvalue weighted by molar-refractivity contribution is 5.69. The molecule has 0 heterocycles. The highest BCUT2D eigenvalue weighted by Gasteiger charge is 2.03. The van der Waals surface area contributed by atoms with Gasteiger partial charge in [0.15, 0.2) is 0 Å². The van der Waals surface area contributed by atoms with Crippen molar-refractivity contribution in [2.75, 3.05) is 106 Å². The molecule has 0 fully saturated rings. The van der Waals surface area contributed by atoms with Crippen molar-refractivity contribution >= 4 is 5.97 Å². The van der Waals surface area contributed by atoms with Crippen LogP contribution in [0.4, 0.5) is 0 Å². The minimum Gasteiger partial charge on any atom is -0.491 e. The largest absolute Gasteiger partial charge is 0.491 e. The SMILES string of the molecule is CCCCCCCCCc1ccc(OCCOCCOCCOCCOCCOCCOCCOCCOC(=O)CCCCCCC)cc1. The van der Waals surface area contributed by atoms with E-state index in [1.807, 2.05) is 0 Å². The smallest absolute Gasteiger partial charge is 0.305 e. The normalized spacial score (nSPS) is 11.3. The van der Waals surface area contributed by atoms with E-state index in [0.717, 1.165) is 25.0 Å². The second kappa shape index (κ2) is 37.5. The summed E-state index contributed by atoms with van der Waals surface area (Å²) in [5.41, 5.74) is 1.38. The Morgan fingerprint density at radius 2 is 0.796 bits per heavy atom. The average molecular weight is 699 g/mol. The molecule has 1 rings (SSSR count). The summed E-state index contributed by atoms with van der Waals surface area (Å²) in [5.74, 6) is 0.743. The highest BCUT2D eigenvalue weighted by Crippen LogP contribution is 2.15. The van der Waals surface area contributed by atoms with Gasteiger partial charge in [0, 0.05) is 6.42 Å². The van der Waals surface area contributed by atoms with Crippen LogP contribution in [-0.2, 0) is 49.1 Å². The summed E-state index contributed by atoms with van der Waals surface area (Å²) >= 11 is 0. The molecule has 10 nitrogen and oxygen atoms in total. The van der Waals surface area contributed by atoms with E-state index in [1.165, 1.54) is 69.8 Å². The van der Waals surface area contributed by atoms with Gasteiger partial charge in [0.2, 0.25) is 0 Å². The maximum absolute atomic E-state index is 11.6. The summed E-state index contributed by atoms with van der Waals surface area (Å²) in [5, 5.41) is 0. The number of esters is 1.